The Labute approximate surface area is 73.2 Å². The summed E-state index contributed by atoms with van der Waals surface area (Å²) in [7, 11) is 0. The molecule has 0 radical (unpaired) electrons. The van der Waals surface area contributed by atoms with Gasteiger partial charge in [0.15, 0.2) is 0 Å². The van der Waals surface area contributed by atoms with Crippen molar-refractivity contribution < 1.29 is 9.52 Å². The number of rotatable bonds is 2. The summed E-state index contributed by atoms with van der Waals surface area (Å²) in [4.78, 5) is 0. The average Bonchev–Trinajstić information content (AvgIpc) is 2.37. The second-order valence-corrected chi connectivity index (χ2v) is 4.22. The Kier molecular flexibility index (Phi) is 2.58. The standard InChI is InChI=1S/C10H16O2/c1-10(2,3)9(11)6-8-4-5-12-7-8/h4-5,7,9,11H,6H2,1-3H3. The lowest BCUT2D eigenvalue weighted by Gasteiger charge is -2.25. The molecule has 0 saturated carbocycles. The van der Waals surface area contributed by atoms with Crippen molar-refractivity contribution in [2.75, 3.05) is 0 Å². The van der Waals surface area contributed by atoms with Gasteiger partial charge in [0, 0.05) is 6.42 Å². The number of furan rings is 1. The number of hydrogen-bond donors (Lipinski definition) is 1. The molecule has 0 bridgehead atoms. The molecule has 0 aliphatic heterocycles. The molecule has 0 spiro atoms. The van der Waals surface area contributed by atoms with Gasteiger partial charge in [-0.3, -0.25) is 0 Å². The fourth-order valence-corrected chi connectivity index (χ4v) is 0.938. The second kappa shape index (κ2) is 3.31. The minimum atomic E-state index is -0.310. The molecule has 1 unspecified atom stereocenters. The topological polar surface area (TPSA) is 33.4 Å². The maximum atomic E-state index is 9.72. The van der Waals surface area contributed by atoms with Gasteiger partial charge in [-0.2, -0.15) is 0 Å². The van der Waals surface area contributed by atoms with Crippen molar-refractivity contribution in [2.24, 2.45) is 5.41 Å². The third-order valence-corrected chi connectivity index (χ3v) is 2.01. The minimum absolute atomic E-state index is 0.0583. The Morgan fingerprint density at radius 2 is 2.17 bits per heavy atom. The molecular weight excluding hydrogens is 152 g/mol. The van der Waals surface area contributed by atoms with E-state index in [0.29, 0.717) is 6.42 Å². The van der Waals surface area contributed by atoms with Crippen LogP contribution in [-0.2, 0) is 6.42 Å². The van der Waals surface area contributed by atoms with Crippen LogP contribution in [0.2, 0.25) is 0 Å². The molecule has 0 amide bonds. The highest BCUT2D eigenvalue weighted by atomic mass is 16.3. The summed E-state index contributed by atoms with van der Waals surface area (Å²) in [6.07, 6.45) is 3.66. The van der Waals surface area contributed by atoms with E-state index in [-0.39, 0.29) is 11.5 Å². The zero-order chi connectivity index (χ0) is 9.19. The van der Waals surface area contributed by atoms with Crippen LogP contribution in [0.25, 0.3) is 0 Å². The van der Waals surface area contributed by atoms with Crippen LogP contribution >= 0.6 is 0 Å². The molecule has 68 valence electrons. The fourth-order valence-electron chi connectivity index (χ4n) is 0.938. The first-order valence-corrected chi connectivity index (χ1v) is 4.19. The number of aliphatic hydroxyl groups excluding tert-OH is 1. The van der Waals surface area contributed by atoms with E-state index in [1.54, 1.807) is 12.5 Å². The molecule has 1 aromatic rings. The van der Waals surface area contributed by atoms with Gasteiger partial charge in [0.1, 0.15) is 0 Å². The van der Waals surface area contributed by atoms with Crippen molar-refractivity contribution in [3.05, 3.63) is 24.2 Å². The normalized spacial score (nSPS) is 14.7. The Bertz CT molecular complexity index is 218. The Morgan fingerprint density at radius 3 is 2.58 bits per heavy atom. The van der Waals surface area contributed by atoms with Crippen LogP contribution in [0.1, 0.15) is 26.3 Å². The van der Waals surface area contributed by atoms with Gasteiger partial charge >= 0.3 is 0 Å². The Balaban J connectivity index is 2.53. The molecule has 0 aliphatic rings. The predicted octanol–water partition coefficient (Wildman–Crippen LogP) is 2.23. The summed E-state index contributed by atoms with van der Waals surface area (Å²) in [6.45, 7) is 6.08. The molecule has 2 nitrogen and oxygen atoms in total. The van der Waals surface area contributed by atoms with Crippen LogP contribution in [-0.4, -0.2) is 11.2 Å². The highest BCUT2D eigenvalue weighted by Gasteiger charge is 2.22. The fraction of sp³-hybridized carbons (Fsp3) is 0.600. The Hall–Kier alpha value is -0.760. The summed E-state index contributed by atoms with van der Waals surface area (Å²) in [6, 6.07) is 1.88. The summed E-state index contributed by atoms with van der Waals surface area (Å²) in [5.41, 5.74) is 0.995. The summed E-state index contributed by atoms with van der Waals surface area (Å²) in [5, 5.41) is 9.72. The molecule has 1 atom stereocenters. The van der Waals surface area contributed by atoms with Gasteiger partial charge in [0.25, 0.3) is 0 Å². The van der Waals surface area contributed by atoms with Crippen LogP contribution in [0.5, 0.6) is 0 Å². The van der Waals surface area contributed by atoms with Gasteiger partial charge in [-0.25, -0.2) is 0 Å². The zero-order valence-corrected chi connectivity index (χ0v) is 7.87. The zero-order valence-electron chi connectivity index (χ0n) is 7.87. The van der Waals surface area contributed by atoms with E-state index in [4.69, 9.17) is 4.42 Å². The van der Waals surface area contributed by atoms with Crippen LogP contribution in [0.4, 0.5) is 0 Å². The van der Waals surface area contributed by atoms with Gasteiger partial charge in [0.05, 0.1) is 18.6 Å². The molecule has 2 heteroatoms. The second-order valence-electron chi connectivity index (χ2n) is 4.22. The van der Waals surface area contributed by atoms with Crippen LogP contribution < -0.4 is 0 Å². The van der Waals surface area contributed by atoms with Gasteiger partial charge in [0.2, 0.25) is 0 Å². The van der Waals surface area contributed by atoms with Gasteiger partial charge < -0.3 is 9.52 Å². The van der Waals surface area contributed by atoms with E-state index in [2.05, 4.69) is 0 Å². The maximum Gasteiger partial charge on any atom is 0.0935 e. The number of aliphatic hydroxyl groups is 1. The van der Waals surface area contributed by atoms with Crippen molar-refractivity contribution >= 4 is 0 Å². The van der Waals surface area contributed by atoms with Crippen LogP contribution in [0.15, 0.2) is 23.0 Å². The van der Waals surface area contributed by atoms with Gasteiger partial charge in [-0.1, -0.05) is 20.8 Å². The third-order valence-electron chi connectivity index (χ3n) is 2.01. The molecule has 0 aliphatic carbocycles. The van der Waals surface area contributed by atoms with E-state index < -0.39 is 0 Å². The van der Waals surface area contributed by atoms with Crippen molar-refractivity contribution in [2.45, 2.75) is 33.3 Å². The van der Waals surface area contributed by atoms with E-state index in [1.807, 2.05) is 26.8 Å². The highest BCUT2D eigenvalue weighted by Crippen LogP contribution is 2.22. The van der Waals surface area contributed by atoms with Crippen molar-refractivity contribution in [1.82, 2.24) is 0 Å². The average molecular weight is 168 g/mol. The Morgan fingerprint density at radius 1 is 1.50 bits per heavy atom. The number of hydrogen-bond acceptors (Lipinski definition) is 2. The molecule has 1 rings (SSSR count). The van der Waals surface area contributed by atoms with E-state index in [1.165, 1.54) is 0 Å². The van der Waals surface area contributed by atoms with Crippen LogP contribution in [0.3, 0.4) is 0 Å². The minimum Gasteiger partial charge on any atom is -0.472 e. The summed E-state index contributed by atoms with van der Waals surface area (Å²) >= 11 is 0. The molecule has 1 aromatic heterocycles. The van der Waals surface area contributed by atoms with Gasteiger partial charge in [-0.15, -0.1) is 0 Å². The molecule has 0 aromatic carbocycles. The lowest BCUT2D eigenvalue weighted by molar-refractivity contribution is 0.0635. The van der Waals surface area contributed by atoms with E-state index >= 15 is 0 Å². The first-order chi connectivity index (χ1) is 5.50. The van der Waals surface area contributed by atoms with E-state index in [9.17, 15) is 5.11 Å². The molecule has 1 N–H and O–H groups in total. The first kappa shape index (κ1) is 9.33. The van der Waals surface area contributed by atoms with E-state index in [0.717, 1.165) is 5.56 Å². The molecule has 1 heterocycles. The summed E-state index contributed by atoms with van der Waals surface area (Å²) < 4.78 is 4.92. The quantitative estimate of drug-likeness (QED) is 0.734. The molecule has 0 saturated heterocycles. The first-order valence-electron chi connectivity index (χ1n) is 4.19. The molecule has 12 heavy (non-hydrogen) atoms. The van der Waals surface area contributed by atoms with Crippen molar-refractivity contribution in [3.63, 3.8) is 0 Å². The lowest BCUT2D eigenvalue weighted by atomic mass is 9.86. The largest absolute Gasteiger partial charge is 0.472 e. The van der Waals surface area contributed by atoms with Crippen molar-refractivity contribution in [3.8, 4) is 0 Å². The highest BCUT2D eigenvalue weighted by molar-refractivity contribution is 5.07. The van der Waals surface area contributed by atoms with Gasteiger partial charge in [-0.05, 0) is 17.0 Å². The monoisotopic (exact) mass is 168 g/mol. The lowest BCUT2D eigenvalue weighted by Crippen LogP contribution is -2.27. The van der Waals surface area contributed by atoms with Crippen LogP contribution in [0, 0.1) is 5.41 Å². The molecular formula is C10H16O2. The van der Waals surface area contributed by atoms with Crippen molar-refractivity contribution in [1.29, 1.82) is 0 Å². The SMILES string of the molecule is CC(C)(C)C(O)Cc1ccoc1. The third kappa shape index (κ3) is 2.38. The predicted molar refractivity (Wildman–Crippen MR) is 47.9 cm³/mol. The molecule has 0 fully saturated rings. The smallest absolute Gasteiger partial charge is 0.0935 e. The summed E-state index contributed by atoms with van der Waals surface area (Å²) in [5.74, 6) is 0. The maximum absolute atomic E-state index is 9.72.